The standard InChI is InChI=1S/C13H18FN3O4S.ClH/c14-11-2-1-10(16-13(18)3-4-15)9-12(11)22(19,20)17-5-7-21-8-6-17;/h1-2,9H,3-8,15H2,(H,16,18);1H. The summed E-state index contributed by atoms with van der Waals surface area (Å²) in [5.74, 6) is -1.22. The molecule has 0 atom stereocenters. The van der Waals surface area contributed by atoms with E-state index in [1.54, 1.807) is 0 Å². The monoisotopic (exact) mass is 367 g/mol. The second kappa shape index (κ2) is 8.55. The second-order valence-corrected chi connectivity index (χ2v) is 6.65. The van der Waals surface area contributed by atoms with Crippen LogP contribution in [0.4, 0.5) is 10.1 Å². The third-order valence-electron chi connectivity index (χ3n) is 3.17. The highest BCUT2D eigenvalue weighted by Gasteiger charge is 2.29. The number of nitrogens with zero attached hydrogens (tertiary/aromatic N) is 1. The number of ether oxygens (including phenoxy) is 1. The summed E-state index contributed by atoms with van der Waals surface area (Å²) in [5.41, 5.74) is 5.48. The summed E-state index contributed by atoms with van der Waals surface area (Å²) in [5, 5.41) is 2.49. The summed E-state index contributed by atoms with van der Waals surface area (Å²) in [6.45, 7) is 1.06. The van der Waals surface area contributed by atoms with Gasteiger partial charge >= 0.3 is 0 Å². The molecular weight excluding hydrogens is 349 g/mol. The van der Waals surface area contributed by atoms with Crippen LogP contribution >= 0.6 is 12.4 Å². The lowest BCUT2D eigenvalue weighted by atomic mass is 10.3. The van der Waals surface area contributed by atoms with Crippen LogP contribution in [-0.2, 0) is 19.6 Å². The van der Waals surface area contributed by atoms with E-state index in [1.165, 1.54) is 10.4 Å². The number of hydrogen-bond acceptors (Lipinski definition) is 5. The predicted octanol–water partition coefficient (Wildman–Crippen LogP) is 0.556. The molecule has 1 aromatic rings. The average Bonchev–Trinajstić information content (AvgIpc) is 2.50. The fraction of sp³-hybridized carbons (Fsp3) is 0.462. The van der Waals surface area contributed by atoms with Crippen molar-refractivity contribution in [1.29, 1.82) is 0 Å². The molecule has 1 aliphatic heterocycles. The lowest BCUT2D eigenvalue weighted by Crippen LogP contribution is -2.40. The molecule has 10 heteroatoms. The van der Waals surface area contributed by atoms with Crippen molar-refractivity contribution < 1.29 is 22.3 Å². The van der Waals surface area contributed by atoms with E-state index in [1.807, 2.05) is 0 Å². The molecule has 3 N–H and O–H groups in total. The average molecular weight is 368 g/mol. The van der Waals surface area contributed by atoms with Crippen molar-refractivity contribution in [2.75, 3.05) is 38.2 Å². The van der Waals surface area contributed by atoms with Crippen LogP contribution in [0, 0.1) is 5.82 Å². The summed E-state index contributed by atoms with van der Waals surface area (Å²) in [4.78, 5) is 11.0. The van der Waals surface area contributed by atoms with Gasteiger partial charge in [-0.05, 0) is 18.2 Å². The first-order valence-corrected chi connectivity index (χ1v) is 8.26. The number of morpholine rings is 1. The van der Waals surface area contributed by atoms with Gasteiger partial charge in [0, 0.05) is 31.7 Å². The SMILES string of the molecule is Cl.NCCC(=O)Nc1ccc(F)c(S(=O)(=O)N2CCOCC2)c1. The number of carbonyl (C=O) groups is 1. The van der Waals surface area contributed by atoms with Gasteiger partial charge in [-0.1, -0.05) is 0 Å². The third-order valence-corrected chi connectivity index (χ3v) is 5.09. The van der Waals surface area contributed by atoms with Crippen LogP contribution in [0.25, 0.3) is 0 Å². The molecule has 0 aliphatic carbocycles. The number of hydrogen-bond donors (Lipinski definition) is 2. The number of rotatable bonds is 5. The van der Waals surface area contributed by atoms with Crippen molar-refractivity contribution in [3.05, 3.63) is 24.0 Å². The molecule has 23 heavy (non-hydrogen) atoms. The Labute approximate surface area is 140 Å². The number of carbonyl (C=O) groups excluding carboxylic acids is 1. The number of anilines is 1. The van der Waals surface area contributed by atoms with Crippen molar-refractivity contribution in [3.63, 3.8) is 0 Å². The van der Waals surface area contributed by atoms with Crippen LogP contribution in [0.3, 0.4) is 0 Å². The highest BCUT2D eigenvalue weighted by Crippen LogP contribution is 2.23. The zero-order valence-electron chi connectivity index (χ0n) is 12.3. The Kier molecular flexibility index (Phi) is 7.36. The fourth-order valence-electron chi connectivity index (χ4n) is 2.06. The highest BCUT2D eigenvalue weighted by atomic mass is 35.5. The van der Waals surface area contributed by atoms with Crippen molar-refractivity contribution >= 4 is 34.0 Å². The van der Waals surface area contributed by atoms with Crippen LogP contribution in [0.1, 0.15) is 6.42 Å². The van der Waals surface area contributed by atoms with E-state index in [9.17, 15) is 17.6 Å². The summed E-state index contributed by atoms with van der Waals surface area (Å²) < 4.78 is 45.1. The summed E-state index contributed by atoms with van der Waals surface area (Å²) in [6, 6.07) is 3.45. The topological polar surface area (TPSA) is 102 Å². The number of nitrogens with two attached hydrogens (primary N) is 1. The number of benzene rings is 1. The van der Waals surface area contributed by atoms with E-state index in [-0.39, 0.29) is 63.3 Å². The van der Waals surface area contributed by atoms with Crippen molar-refractivity contribution in [2.24, 2.45) is 5.73 Å². The van der Waals surface area contributed by atoms with Crippen molar-refractivity contribution in [1.82, 2.24) is 4.31 Å². The van der Waals surface area contributed by atoms with Gasteiger partial charge in [0.1, 0.15) is 10.7 Å². The summed E-state index contributed by atoms with van der Waals surface area (Å²) >= 11 is 0. The van der Waals surface area contributed by atoms with Gasteiger partial charge in [0.2, 0.25) is 15.9 Å². The Balaban J connectivity index is 0.00000264. The molecule has 0 radical (unpaired) electrons. The van der Waals surface area contributed by atoms with Crippen LogP contribution in [0.15, 0.2) is 23.1 Å². The molecule has 0 spiro atoms. The van der Waals surface area contributed by atoms with E-state index < -0.39 is 20.7 Å². The first-order valence-electron chi connectivity index (χ1n) is 6.82. The second-order valence-electron chi connectivity index (χ2n) is 4.75. The van der Waals surface area contributed by atoms with Crippen LogP contribution < -0.4 is 11.1 Å². The predicted molar refractivity (Wildman–Crippen MR) is 85.5 cm³/mol. The van der Waals surface area contributed by atoms with Gasteiger partial charge in [-0.2, -0.15) is 4.31 Å². The number of nitrogens with one attached hydrogen (secondary N) is 1. The number of amides is 1. The number of halogens is 2. The molecule has 1 amide bonds. The zero-order valence-corrected chi connectivity index (χ0v) is 14.0. The largest absolute Gasteiger partial charge is 0.379 e. The smallest absolute Gasteiger partial charge is 0.246 e. The minimum atomic E-state index is -3.96. The van der Waals surface area contributed by atoms with E-state index in [2.05, 4.69) is 5.32 Å². The zero-order chi connectivity index (χ0) is 16.2. The molecule has 0 aromatic heterocycles. The molecule has 1 heterocycles. The maximum atomic E-state index is 13.9. The minimum absolute atomic E-state index is 0. The van der Waals surface area contributed by atoms with Crippen LogP contribution in [0.2, 0.25) is 0 Å². The number of sulfonamides is 1. The molecule has 1 aliphatic rings. The summed E-state index contributed by atoms with van der Waals surface area (Å²) in [7, 11) is -3.96. The third kappa shape index (κ3) is 4.85. The molecule has 2 rings (SSSR count). The fourth-order valence-corrected chi connectivity index (χ4v) is 3.56. The molecule has 1 saturated heterocycles. The van der Waals surface area contributed by atoms with Crippen LogP contribution in [0.5, 0.6) is 0 Å². The van der Waals surface area contributed by atoms with E-state index >= 15 is 0 Å². The molecule has 1 aromatic carbocycles. The first kappa shape index (κ1) is 19.8. The molecule has 0 saturated carbocycles. The van der Waals surface area contributed by atoms with Gasteiger partial charge in [0.15, 0.2) is 0 Å². The molecule has 130 valence electrons. The maximum Gasteiger partial charge on any atom is 0.246 e. The lowest BCUT2D eigenvalue weighted by molar-refractivity contribution is -0.116. The highest BCUT2D eigenvalue weighted by molar-refractivity contribution is 7.89. The molecule has 7 nitrogen and oxygen atoms in total. The quantitative estimate of drug-likeness (QED) is 0.791. The molecule has 1 fully saturated rings. The molecular formula is C13H19ClFN3O4S. The van der Waals surface area contributed by atoms with Gasteiger partial charge in [-0.3, -0.25) is 4.79 Å². The molecule has 0 bridgehead atoms. The van der Waals surface area contributed by atoms with Gasteiger partial charge in [0.25, 0.3) is 0 Å². The van der Waals surface area contributed by atoms with Crippen molar-refractivity contribution in [3.8, 4) is 0 Å². The van der Waals surface area contributed by atoms with Gasteiger partial charge < -0.3 is 15.8 Å². The molecule has 0 unspecified atom stereocenters. The van der Waals surface area contributed by atoms with E-state index in [4.69, 9.17) is 10.5 Å². The first-order chi connectivity index (χ1) is 10.4. The Hall–Kier alpha value is -1.26. The Bertz CT molecular complexity index is 651. The van der Waals surface area contributed by atoms with Gasteiger partial charge in [0.05, 0.1) is 13.2 Å². The van der Waals surface area contributed by atoms with E-state index in [0.717, 1.165) is 12.1 Å². The van der Waals surface area contributed by atoms with E-state index in [0.29, 0.717) is 0 Å². The normalized spacial score (nSPS) is 15.7. The minimum Gasteiger partial charge on any atom is -0.379 e. The maximum absolute atomic E-state index is 13.9. The summed E-state index contributed by atoms with van der Waals surface area (Å²) in [6.07, 6.45) is 0.100. The Morgan fingerprint density at radius 2 is 2.00 bits per heavy atom. The Morgan fingerprint density at radius 3 is 2.61 bits per heavy atom. The Morgan fingerprint density at radius 1 is 1.35 bits per heavy atom. The van der Waals surface area contributed by atoms with Crippen LogP contribution in [-0.4, -0.2) is 51.5 Å². The lowest BCUT2D eigenvalue weighted by Gasteiger charge is -2.26. The van der Waals surface area contributed by atoms with Gasteiger partial charge in [-0.25, -0.2) is 12.8 Å². The van der Waals surface area contributed by atoms with Gasteiger partial charge in [-0.15, -0.1) is 12.4 Å². The van der Waals surface area contributed by atoms with Crippen molar-refractivity contribution in [2.45, 2.75) is 11.3 Å².